The number of esters is 1. The lowest BCUT2D eigenvalue weighted by molar-refractivity contribution is -0.259. The molecule has 0 unspecified atom stereocenters. The fourth-order valence-electron chi connectivity index (χ4n) is 7.08. The van der Waals surface area contributed by atoms with E-state index in [1.165, 1.54) is 5.06 Å². The Kier molecular flexibility index (Phi) is 12.6. The second kappa shape index (κ2) is 15.5. The first-order valence-corrected chi connectivity index (χ1v) is 16.7. The van der Waals surface area contributed by atoms with E-state index in [0.717, 1.165) is 18.4 Å². The molecular weight excluding hydrogens is 554 g/mol. The Balaban J connectivity index is 1.72. The molecule has 44 heavy (non-hydrogen) atoms. The van der Waals surface area contributed by atoms with Gasteiger partial charge in [-0.2, -0.15) is 5.06 Å². The van der Waals surface area contributed by atoms with E-state index in [2.05, 4.69) is 32.2 Å². The molecule has 2 aliphatic heterocycles. The average Bonchev–Trinajstić information content (AvgIpc) is 3.43. The van der Waals surface area contributed by atoms with E-state index in [4.69, 9.17) is 4.74 Å². The second-order valence-electron chi connectivity index (χ2n) is 14.7. The molecule has 0 radical (unpaired) electrons. The van der Waals surface area contributed by atoms with Crippen LogP contribution in [0.3, 0.4) is 0 Å². The van der Waals surface area contributed by atoms with Crippen LogP contribution in [0.1, 0.15) is 106 Å². The number of piperidine rings is 1. The van der Waals surface area contributed by atoms with Gasteiger partial charge in [-0.3, -0.25) is 9.59 Å². The molecule has 0 spiro atoms. The summed E-state index contributed by atoms with van der Waals surface area (Å²) in [7, 11) is 0. The minimum atomic E-state index is -0.791. The fraction of sp³-hybridized carbons (Fsp3) is 0.694. The molecule has 2 fully saturated rings. The van der Waals surface area contributed by atoms with Gasteiger partial charge in [0, 0.05) is 30.5 Å². The Morgan fingerprint density at radius 2 is 1.68 bits per heavy atom. The predicted molar refractivity (Wildman–Crippen MR) is 174 cm³/mol. The number of hydrogen-bond donors (Lipinski definition) is 2. The van der Waals surface area contributed by atoms with E-state index in [-0.39, 0.29) is 23.8 Å². The lowest BCUT2D eigenvalue weighted by Gasteiger charge is -2.51. The van der Waals surface area contributed by atoms with Gasteiger partial charge in [0.15, 0.2) is 0 Å². The zero-order valence-corrected chi connectivity index (χ0v) is 28.3. The predicted octanol–water partition coefficient (Wildman–Crippen LogP) is 6.31. The summed E-state index contributed by atoms with van der Waals surface area (Å²) in [5.41, 5.74) is -0.0347. The number of benzene rings is 1. The van der Waals surface area contributed by atoms with Gasteiger partial charge >= 0.3 is 5.97 Å². The summed E-state index contributed by atoms with van der Waals surface area (Å²) in [4.78, 5) is 42.8. The summed E-state index contributed by atoms with van der Waals surface area (Å²) in [6.07, 6.45) is 8.84. The van der Waals surface area contributed by atoms with E-state index in [1.807, 2.05) is 71.0 Å². The Morgan fingerprint density at radius 1 is 1.05 bits per heavy atom. The summed E-state index contributed by atoms with van der Waals surface area (Å²) in [5.74, 6) is -0.265. The molecule has 2 aliphatic rings. The van der Waals surface area contributed by atoms with Crippen molar-refractivity contribution < 1.29 is 24.3 Å². The molecule has 1 aromatic carbocycles. The number of ether oxygens (including phenoxy) is 1. The van der Waals surface area contributed by atoms with Crippen molar-refractivity contribution in [1.82, 2.24) is 15.3 Å². The van der Waals surface area contributed by atoms with E-state index in [9.17, 15) is 19.6 Å². The quantitative estimate of drug-likeness (QED) is 0.200. The summed E-state index contributed by atoms with van der Waals surface area (Å²) >= 11 is 0. The number of nitrogens with zero attached hydrogens (tertiary/aromatic N) is 2. The highest BCUT2D eigenvalue weighted by atomic mass is 16.5. The molecular formula is C36H57N3O5. The molecule has 8 nitrogen and oxygen atoms in total. The van der Waals surface area contributed by atoms with Crippen LogP contribution in [0.15, 0.2) is 42.5 Å². The van der Waals surface area contributed by atoms with Gasteiger partial charge in [0.2, 0.25) is 11.8 Å². The zero-order valence-electron chi connectivity index (χ0n) is 28.3. The van der Waals surface area contributed by atoms with Gasteiger partial charge in [-0.05, 0) is 77.2 Å². The van der Waals surface area contributed by atoms with Crippen molar-refractivity contribution in [2.75, 3.05) is 6.54 Å². The Morgan fingerprint density at radius 3 is 2.27 bits per heavy atom. The van der Waals surface area contributed by atoms with Crippen LogP contribution in [0.2, 0.25) is 0 Å². The number of amides is 2. The largest absolute Gasteiger partial charge is 0.461 e. The number of rotatable bonds is 13. The maximum absolute atomic E-state index is 14.0. The van der Waals surface area contributed by atoms with Crippen molar-refractivity contribution in [3.05, 3.63) is 48.0 Å². The topological polar surface area (TPSA) is 99.2 Å². The van der Waals surface area contributed by atoms with Crippen molar-refractivity contribution in [2.24, 2.45) is 17.8 Å². The van der Waals surface area contributed by atoms with Crippen LogP contribution >= 0.6 is 0 Å². The van der Waals surface area contributed by atoms with Crippen molar-refractivity contribution in [3.63, 3.8) is 0 Å². The van der Waals surface area contributed by atoms with Crippen LogP contribution in [-0.4, -0.2) is 68.8 Å². The minimum absolute atomic E-state index is 0.0469. The summed E-state index contributed by atoms with van der Waals surface area (Å²) < 4.78 is 5.97. The number of allylic oxidation sites excluding steroid dienone is 1. The lowest BCUT2D eigenvalue weighted by atomic mass is 9.80. The van der Waals surface area contributed by atoms with Crippen LogP contribution in [0.5, 0.6) is 0 Å². The smallest absolute Gasteiger partial charge is 0.328 e. The highest BCUT2D eigenvalue weighted by Gasteiger charge is 2.47. The molecule has 2 N–H and O–H groups in total. The number of likely N-dealkylation sites (tertiary alicyclic amines) is 1. The third kappa shape index (κ3) is 9.64. The van der Waals surface area contributed by atoms with Gasteiger partial charge < -0.3 is 20.2 Å². The van der Waals surface area contributed by atoms with Crippen molar-refractivity contribution >= 4 is 17.8 Å². The number of carbonyl (C=O) groups is 3. The highest BCUT2D eigenvalue weighted by molar-refractivity contribution is 5.92. The molecule has 0 aliphatic carbocycles. The van der Waals surface area contributed by atoms with E-state index >= 15 is 0 Å². The van der Waals surface area contributed by atoms with Gasteiger partial charge in [0.25, 0.3) is 0 Å². The molecule has 246 valence electrons. The van der Waals surface area contributed by atoms with Crippen LogP contribution < -0.4 is 5.32 Å². The lowest BCUT2D eigenvalue weighted by Crippen LogP contribution is -2.61. The molecule has 0 saturated carbocycles. The second-order valence-corrected chi connectivity index (χ2v) is 14.7. The fourth-order valence-corrected chi connectivity index (χ4v) is 7.08. The monoisotopic (exact) mass is 611 g/mol. The van der Waals surface area contributed by atoms with Gasteiger partial charge in [0.1, 0.15) is 18.2 Å². The average molecular weight is 612 g/mol. The van der Waals surface area contributed by atoms with Crippen molar-refractivity contribution in [2.45, 2.75) is 136 Å². The van der Waals surface area contributed by atoms with Crippen LogP contribution in [0.4, 0.5) is 0 Å². The first-order valence-electron chi connectivity index (χ1n) is 16.7. The Hall–Kier alpha value is -2.71. The van der Waals surface area contributed by atoms with Gasteiger partial charge in [-0.25, -0.2) is 4.79 Å². The molecule has 3 rings (SSSR count). The summed E-state index contributed by atoms with van der Waals surface area (Å²) in [6, 6.07) is 8.59. The molecule has 4 atom stereocenters. The molecule has 1 aromatic rings. The normalized spacial score (nSPS) is 22.6. The van der Waals surface area contributed by atoms with Gasteiger partial charge in [-0.15, -0.1) is 0 Å². The first kappa shape index (κ1) is 35.8. The van der Waals surface area contributed by atoms with E-state index < -0.39 is 29.1 Å². The van der Waals surface area contributed by atoms with E-state index in [0.29, 0.717) is 56.9 Å². The highest BCUT2D eigenvalue weighted by Crippen LogP contribution is 2.38. The Bertz CT molecular complexity index is 1110. The molecule has 2 amide bonds. The molecule has 2 heterocycles. The van der Waals surface area contributed by atoms with Crippen molar-refractivity contribution in [1.29, 1.82) is 0 Å². The van der Waals surface area contributed by atoms with E-state index in [1.54, 1.807) is 4.90 Å². The number of hydroxylamine groups is 2. The zero-order chi connectivity index (χ0) is 32.7. The molecule has 2 saturated heterocycles. The Labute approximate surface area is 265 Å². The number of nitrogens with one attached hydrogen (secondary N) is 1. The van der Waals surface area contributed by atoms with Crippen LogP contribution in [0.25, 0.3) is 0 Å². The number of hydrogen-bond acceptors (Lipinski definition) is 6. The SMILES string of the molecule is CCC[C@H](NC(=O)[C@@H]1CCCN1C(=O)[C@H](/C=C/[C@@H](C)CC(C)C)Cc1ccccc1)C(=O)OC1CC(C)(C)N(O)C(C)(C)C1. The molecule has 8 heteroatoms. The van der Waals surface area contributed by atoms with Crippen LogP contribution in [0, 0.1) is 17.8 Å². The maximum atomic E-state index is 14.0. The minimum Gasteiger partial charge on any atom is -0.461 e. The molecule has 0 bridgehead atoms. The third-order valence-corrected chi connectivity index (χ3v) is 9.03. The first-order chi connectivity index (χ1) is 20.6. The van der Waals surface area contributed by atoms with Crippen molar-refractivity contribution in [3.8, 4) is 0 Å². The molecule has 0 aromatic heterocycles. The standard InChI is InChI=1S/C36H57N3O5/c1-9-14-30(34(42)44-29-23-35(5,6)39(43)36(7,8)24-29)37-32(40)31-17-13-20-38(31)33(41)28(19-18-26(4)21-25(2)3)22-27-15-11-10-12-16-27/h10-12,15-16,18-19,25-26,28-31,43H,9,13-14,17,20-24H2,1-8H3,(H,37,40)/b19-18+/t26-,28-,30+,31+/m1/s1. The third-order valence-electron chi connectivity index (χ3n) is 9.03. The van der Waals surface area contributed by atoms with Gasteiger partial charge in [-0.1, -0.05) is 76.6 Å². The summed E-state index contributed by atoms with van der Waals surface area (Å²) in [6.45, 7) is 16.8. The van der Waals surface area contributed by atoms with Crippen LogP contribution in [-0.2, 0) is 25.5 Å². The number of carbonyl (C=O) groups excluding carboxylic acids is 3. The van der Waals surface area contributed by atoms with Gasteiger partial charge in [0.05, 0.1) is 5.92 Å². The maximum Gasteiger partial charge on any atom is 0.328 e. The summed E-state index contributed by atoms with van der Waals surface area (Å²) in [5, 5.41) is 14.9.